The molecule has 0 unspecified atom stereocenters. The normalized spacial score (nSPS) is 15.6. The van der Waals surface area contributed by atoms with Crippen LogP contribution in [0.1, 0.15) is 10.4 Å². The number of nitrogens with one attached hydrogen (secondary N) is 1. The minimum absolute atomic E-state index is 0.0221. The number of benzene rings is 1. The second-order valence-corrected chi connectivity index (χ2v) is 4.06. The molecule has 0 radical (unpaired) electrons. The highest BCUT2D eigenvalue weighted by Crippen LogP contribution is 2.21. The van der Waals surface area contributed by atoms with E-state index in [1.807, 2.05) is 0 Å². The van der Waals surface area contributed by atoms with Crippen molar-refractivity contribution in [2.24, 2.45) is 0 Å². The van der Waals surface area contributed by atoms with Crippen molar-refractivity contribution in [3.8, 4) is 0 Å². The third kappa shape index (κ3) is 2.39. The third-order valence-electron chi connectivity index (χ3n) is 2.51. The molecule has 1 aliphatic rings. The van der Waals surface area contributed by atoms with Crippen LogP contribution < -0.4 is 5.32 Å². The van der Waals surface area contributed by atoms with E-state index in [2.05, 4.69) is 5.32 Å². The number of carbonyl (C=O) groups excluding carboxylic acids is 2. The Balaban J connectivity index is 2.24. The molecule has 0 aromatic heterocycles. The molecule has 90 valence electrons. The van der Waals surface area contributed by atoms with Crippen LogP contribution in [-0.4, -0.2) is 36.3 Å². The number of carbonyl (C=O) groups is 2. The molecule has 2 amide bonds. The average Bonchev–Trinajstić information content (AvgIpc) is 2.32. The van der Waals surface area contributed by atoms with Crippen LogP contribution in [0.2, 0.25) is 5.02 Å². The number of rotatable bonds is 1. The Bertz CT molecular complexity index is 479. The molecule has 1 saturated heterocycles. The molecule has 1 aliphatic heterocycles. The second kappa shape index (κ2) is 4.71. The van der Waals surface area contributed by atoms with E-state index >= 15 is 0 Å². The minimum Gasteiger partial charge on any atom is -0.353 e. The van der Waals surface area contributed by atoms with E-state index in [9.17, 15) is 14.0 Å². The van der Waals surface area contributed by atoms with Gasteiger partial charge in [0, 0.05) is 13.1 Å². The Labute approximate surface area is 102 Å². The van der Waals surface area contributed by atoms with E-state index in [1.165, 1.54) is 23.1 Å². The Hall–Kier alpha value is -1.62. The molecule has 0 spiro atoms. The van der Waals surface area contributed by atoms with Gasteiger partial charge in [-0.2, -0.15) is 0 Å². The SMILES string of the molecule is O=C1CN(C(=O)c2cccc(F)c2Cl)CCN1. The van der Waals surface area contributed by atoms with E-state index < -0.39 is 11.7 Å². The second-order valence-electron chi connectivity index (χ2n) is 3.68. The fourth-order valence-corrected chi connectivity index (χ4v) is 1.86. The van der Waals surface area contributed by atoms with Crippen molar-refractivity contribution in [3.05, 3.63) is 34.6 Å². The zero-order valence-corrected chi connectivity index (χ0v) is 9.63. The first-order chi connectivity index (χ1) is 8.09. The van der Waals surface area contributed by atoms with Crippen molar-refractivity contribution in [3.63, 3.8) is 0 Å². The molecule has 2 rings (SSSR count). The van der Waals surface area contributed by atoms with Gasteiger partial charge in [-0.25, -0.2) is 4.39 Å². The van der Waals surface area contributed by atoms with Gasteiger partial charge in [-0.05, 0) is 12.1 Å². The Morgan fingerprint density at radius 1 is 1.47 bits per heavy atom. The standard InChI is InChI=1S/C11H10ClFN2O2/c12-10-7(2-1-3-8(10)13)11(17)15-5-4-14-9(16)6-15/h1-3H,4-6H2,(H,14,16). The predicted octanol–water partition coefficient (Wildman–Crippen LogP) is 1.05. The molecule has 17 heavy (non-hydrogen) atoms. The van der Waals surface area contributed by atoms with E-state index in [0.29, 0.717) is 13.1 Å². The fourth-order valence-electron chi connectivity index (χ4n) is 1.65. The molecule has 0 saturated carbocycles. The van der Waals surface area contributed by atoms with Crippen molar-refractivity contribution < 1.29 is 14.0 Å². The van der Waals surface area contributed by atoms with Gasteiger partial charge < -0.3 is 10.2 Å². The summed E-state index contributed by atoms with van der Waals surface area (Å²) in [6.45, 7) is 0.778. The number of hydrogen-bond acceptors (Lipinski definition) is 2. The van der Waals surface area contributed by atoms with E-state index in [4.69, 9.17) is 11.6 Å². The molecule has 4 nitrogen and oxygen atoms in total. The van der Waals surface area contributed by atoms with Crippen LogP contribution in [0.15, 0.2) is 18.2 Å². The van der Waals surface area contributed by atoms with Gasteiger partial charge in [-0.1, -0.05) is 17.7 Å². The molecule has 0 aliphatic carbocycles. The molecule has 1 N–H and O–H groups in total. The van der Waals surface area contributed by atoms with Gasteiger partial charge in [0.05, 0.1) is 17.1 Å². The summed E-state index contributed by atoms with van der Waals surface area (Å²) in [5.74, 6) is -1.29. The summed E-state index contributed by atoms with van der Waals surface area (Å²) in [4.78, 5) is 24.5. The largest absolute Gasteiger partial charge is 0.353 e. The number of halogens is 2. The summed E-state index contributed by atoms with van der Waals surface area (Å²) in [5.41, 5.74) is 0.0846. The lowest BCUT2D eigenvalue weighted by atomic mass is 10.1. The minimum atomic E-state index is -0.640. The van der Waals surface area contributed by atoms with Gasteiger partial charge in [0.25, 0.3) is 5.91 Å². The van der Waals surface area contributed by atoms with Crippen molar-refractivity contribution in [1.82, 2.24) is 10.2 Å². The van der Waals surface area contributed by atoms with Gasteiger partial charge in [-0.15, -0.1) is 0 Å². The summed E-state index contributed by atoms with van der Waals surface area (Å²) >= 11 is 5.72. The molecule has 0 atom stereocenters. The maximum absolute atomic E-state index is 13.2. The molecular weight excluding hydrogens is 247 g/mol. The van der Waals surface area contributed by atoms with Gasteiger partial charge in [0.1, 0.15) is 5.82 Å². The lowest BCUT2D eigenvalue weighted by Gasteiger charge is -2.26. The highest BCUT2D eigenvalue weighted by atomic mass is 35.5. The number of piperazine rings is 1. The highest BCUT2D eigenvalue weighted by molar-refractivity contribution is 6.34. The quantitative estimate of drug-likeness (QED) is 0.817. The summed E-state index contributed by atoms with van der Waals surface area (Å²) < 4.78 is 13.2. The van der Waals surface area contributed by atoms with Crippen molar-refractivity contribution in [1.29, 1.82) is 0 Å². The van der Waals surface area contributed by atoms with Gasteiger partial charge >= 0.3 is 0 Å². The molecule has 1 aromatic rings. The van der Waals surface area contributed by atoms with Gasteiger partial charge in [-0.3, -0.25) is 9.59 Å². The number of nitrogens with zero attached hydrogens (tertiary/aromatic N) is 1. The van der Waals surface area contributed by atoms with Crippen LogP contribution >= 0.6 is 11.6 Å². The van der Waals surface area contributed by atoms with E-state index in [0.717, 1.165) is 0 Å². The smallest absolute Gasteiger partial charge is 0.256 e. The summed E-state index contributed by atoms with van der Waals surface area (Å²) in [6, 6.07) is 4.04. The summed E-state index contributed by atoms with van der Waals surface area (Å²) in [6.07, 6.45) is 0. The Morgan fingerprint density at radius 3 is 2.94 bits per heavy atom. The molecule has 0 bridgehead atoms. The number of hydrogen-bond donors (Lipinski definition) is 1. The maximum atomic E-state index is 13.2. The van der Waals surface area contributed by atoms with Crippen LogP contribution in [0.25, 0.3) is 0 Å². The van der Waals surface area contributed by atoms with Crippen molar-refractivity contribution in [2.75, 3.05) is 19.6 Å². The van der Waals surface area contributed by atoms with Gasteiger partial charge in [0.15, 0.2) is 0 Å². The lowest BCUT2D eigenvalue weighted by molar-refractivity contribution is -0.123. The van der Waals surface area contributed by atoms with Crippen LogP contribution in [0.3, 0.4) is 0 Å². The Kier molecular flexibility index (Phi) is 3.28. The monoisotopic (exact) mass is 256 g/mol. The lowest BCUT2D eigenvalue weighted by Crippen LogP contribution is -2.50. The first-order valence-corrected chi connectivity index (χ1v) is 5.47. The molecule has 1 fully saturated rings. The zero-order valence-electron chi connectivity index (χ0n) is 8.87. The van der Waals surface area contributed by atoms with E-state index in [-0.39, 0.29) is 23.0 Å². The summed E-state index contributed by atoms with van der Waals surface area (Å²) in [7, 11) is 0. The van der Waals surface area contributed by atoms with Gasteiger partial charge in [0.2, 0.25) is 5.91 Å². The topological polar surface area (TPSA) is 49.4 Å². The predicted molar refractivity (Wildman–Crippen MR) is 60.3 cm³/mol. The van der Waals surface area contributed by atoms with E-state index in [1.54, 1.807) is 0 Å². The fraction of sp³-hybridized carbons (Fsp3) is 0.273. The zero-order chi connectivity index (χ0) is 12.4. The maximum Gasteiger partial charge on any atom is 0.256 e. The molecule has 1 aromatic carbocycles. The third-order valence-corrected chi connectivity index (χ3v) is 2.89. The van der Waals surface area contributed by atoms with Crippen LogP contribution in [0.4, 0.5) is 4.39 Å². The first kappa shape index (κ1) is 11.9. The van der Waals surface area contributed by atoms with Crippen LogP contribution in [0.5, 0.6) is 0 Å². The Morgan fingerprint density at radius 2 is 2.24 bits per heavy atom. The molecular formula is C11H10ClFN2O2. The van der Waals surface area contributed by atoms with Crippen molar-refractivity contribution >= 4 is 23.4 Å². The first-order valence-electron chi connectivity index (χ1n) is 5.09. The van der Waals surface area contributed by atoms with Crippen LogP contribution in [-0.2, 0) is 4.79 Å². The molecule has 1 heterocycles. The number of amides is 2. The van der Waals surface area contributed by atoms with Crippen molar-refractivity contribution in [2.45, 2.75) is 0 Å². The highest BCUT2D eigenvalue weighted by Gasteiger charge is 2.24. The summed E-state index contributed by atoms with van der Waals surface area (Å²) in [5, 5.41) is 2.40. The average molecular weight is 257 g/mol. The molecule has 6 heteroatoms. The van der Waals surface area contributed by atoms with Crippen LogP contribution in [0, 0.1) is 5.82 Å².